The topological polar surface area (TPSA) is 70.1 Å². The summed E-state index contributed by atoms with van der Waals surface area (Å²) in [6, 6.07) is 8.60. The molecule has 0 aliphatic carbocycles. The molecule has 0 aliphatic rings. The first-order valence-corrected chi connectivity index (χ1v) is 5.12. The fraction of sp³-hybridized carbons (Fsp3) is 0.167. The van der Waals surface area contributed by atoms with E-state index in [9.17, 15) is 4.79 Å². The third-order valence-corrected chi connectivity index (χ3v) is 2.38. The van der Waals surface area contributed by atoms with Gasteiger partial charge in [-0.1, -0.05) is 0 Å². The lowest BCUT2D eigenvalue weighted by Gasteiger charge is -2.07. The molecule has 2 aromatic rings. The van der Waals surface area contributed by atoms with Gasteiger partial charge in [-0.15, -0.1) is 0 Å². The number of hydrogen-bond donors (Lipinski definition) is 1. The minimum Gasteiger partial charge on any atom is -0.497 e. The van der Waals surface area contributed by atoms with Gasteiger partial charge in [-0.05, 0) is 37.3 Å². The summed E-state index contributed by atoms with van der Waals surface area (Å²) in [6.45, 7) is 1.79. The van der Waals surface area contributed by atoms with Crippen molar-refractivity contribution in [2.75, 3.05) is 12.8 Å². The smallest absolute Gasteiger partial charge is 0.294 e. The average molecular weight is 231 g/mol. The van der Waals surface area contributed by atoms with Crippen LogP contribution >= 0.6 is 0 Å². The molecule has 17 heavy (non-hydrogen) atoms. The van der Waals surface area contributed by atoms with Crippen molar-refractivity contribution in [3.05, 3.63) is 46.4 Å². The number of nitrogen functional groups attached to an aromatic ring is 1. The van der Waals surface area contributed by atoms with Crippen molar-refractivity contribution in [2.45, 2.75) is 6.92 Å². The Morgan fingerprint density at radius 2 is 1.94 bits per heavy atom. The molecular formula is C12H13N3O2. The molecule has 2 N–H and O–H groups in total. The maximum absolute atomic E-state index is 11.8. The van der Waals surface area contributed by atoms with Gasteiger partial charge >= 0.3 is 0 Å². The highest BCUT2D eigenvalue weighted by Crippen LogP contribution is 2.13. The third kappa shape index (κ3) is 2.13. The highest BCUT2D eigenvalue weighted by molar-refractivity contribution is 5.41. The summed E-state index contributed by atoms with van der Waals surface area (Å²) in [5, 5.41) is 4.14. The van der Waals surface area contributed by atoms with Crippen molar-refractivity contribution in [1.82, 2.24) is 9.78 Å². The molecule has 88 valence electrons. The van der Waals surface area contributed by atoms with Crippen molar-refractivity contribution in [3.8, 4) is 11.4 Å². The van der Waals surface area contributed by atoms with E-state index in [2.05, 4.69) is 5.10 Å². The maximum Gasteiger partial charge on any atom is 0.294 e. The molecule has 1 heterocycles. The van der Waals surface area contributed by atoms with Gasteiger partial charge in [0.2, 0.25) is 0 Å². The number of nitrogens with zero attached hydrogens (tertiary/aromatic N) is 2. The predicted octanol–water partition coefficient (Wildman–Crippen LogP) is 1.13. The van der Waals surface area contributed by atoms with Crippen LogP contribution in [0.25, 0.3) is 5.69 Å². The number of aromatic nitrogens is 2. The molecule has 0 radical (unpaired) electrons. The molecule has 1 aromatic carbocycles. The van der Waals surface area contributed by atoms with Gasteiger partial charge in [0.1, 0.15) is 11.4 Å². The molecule has 1 aromatic heterocycles. The lowest BCUT2D eigenvalue weighted by molar-refractivity contribution is 0.414. The number of hydrogen-bond acceptors (Lipinski definition) is 4. The second kappa shape index (κ2) is 4.29. The zero-order valence-electron chi connectivity index (χ0n) is 9.68. The number of nitrogens with two attached hydrogens (primary N) is 1. The first kappa shape index (κ1) is 11.2. The molecule has 0 spiro atoms. The highest BCUT2D eigenvalue weighted by atomic mass is 16.5. The Labute approximate surface area is 98.5 Å². The second-order valence-electron chi connectivity index (χ2n) is 3.66. The molecule has 0 amide bonds. The van der Waals surface area contributed by atoms with Crippen LogP contribution in [-0.2, 0) is 0 Å². The second-order valence-corrected chi connectivity index (χ2v) is 3.66. The van der Waals surface area contributed by atoms with Crippen molar-refractivity contribution in [2.24, 2.45) is 0 Å². The van der Waals surface area contributed by atoms with E-state index in [4.69, 9.17) is 10.5 Å². The Kier molecular flexibility index (Phi) is 2.82. The van der Waals surface area contributed by atoms with E-state index in [0.717, 1.165) is 5.75 Å². The van der Waals surface area contributed by atoms with E-state index in [-0.39, 0.29) is 11.2 Å². The van der Waals surface area contributed by atoms with Crippen LogP contribution in [0.2, 0.25) is 0 Å². The molecule has 5 heteroatoms. The Balaban J connectivity index is 2.56. The molecule has 0 saturated carbocycles. The third-order valence-electron chi connectivity index (χ3n) is 2.38. The summed E-state index contributed by atoms with van der Waals surface area (Å²) in [4.78, 5) is 11.8. The molecule has 5 nitrogen and oxygen atoms in total. The summed E-state index contributed by atoms with van der Waals surface area (Å²) < 4.78 is 6.33. The minimum atomic E-state index is -0.319. The highest BCUT2D eigenvalue weighted by Gasteiger charge is 2.05. The van der Waals surface area contributed by atoms with Crippen LogP contribution < -0.4 is 16.0 Å². The Bertz CT molecular complexity index is 588. The summed E-state index contributed by atoms with van der Waals surface area (Å²) in [5.41, 5.74) is 6.84. The van der Waals surface area contributed by atoms with Crippen molar-refractivity contribution < 1.29 is 4.74 Å². The fourth-order valence-corrected chi connectivity index (χ4v) is 1.54. The van der Waals surface area contributed by atoms with Crippen molar-refractivity contribution in [3.63, 3.8) is 0 Å². The first-order chi connectivity index (χ1) is 8.11. The number of benzene rings is 1. The summed E-state index contributed by atoms with van der Waals surface area (Å²) in [6.07, 6.45) is 0. The molecule has 0 fully saturated rings. The van der Waals surface area contributed by atoms with E-state index >= 15 is 0 Å². The molecule has 0 saturated heterocycles. The molecule has 2 rings (SSSR count). The summed E-state index contributed by atoms with van der Waals surface area (Å²) >= 11 is 0. The number of methoxy groups -OCH3 is 1. The quantitative estimate of drug-likeness (QED) is 0.841. The molecule has 0 atom stereocenters. The van der Waals surface area contributed by atoms with E-state index in [0.29, 0.717) is 11.4 Å². The van der Waals surface area contributed by atoms with E-state index in [1.165, 1.54) is 4.68 Å². The van der Waals surface area contributed by atoms with Gasteiger partial charge in [-0.2, -0.15) is 9.78 Å². The normalized spacial score (nSPS) is 10.2. The largest absolute Gasteiger partial charge is 0.497 e. The summed E-state index contributed by atoms with van der Waals surface area (Å²) in [5.74, 6) is 0.724. The van der Waals surface area contributed by atoms with Crippen LogP contribution in [0.1, 0.15) is 5.69 Å². The van der Waals surface area contributed by atoms with Crippen LogP contribution in [0.5, 0.6) is 5.75 Å². The van der Waals surface area contributed by atoms with E-state index < -0.39 is 0 Å². The van der Waals surface area contributed by atoms with Gasteiger partial charge in [0.15, 0.2) is 0 Å². The zero-order valence-corrected chi connectivity index (χ0v) is 9.68. The average Bonchev–Trinajstić information content (AvgIpc) is 2.34. The first-order valence-electron chi connectivity index (χ1n) is 5.12. The minimum absolute atomic E-state index is 0.188. The van der Waals surface area contributed by atoms with Gasteiger partial charge in [0.25, 0.3) is 5.56 Å². The van der Waals surface area contributed by atoms with Gasteiger partial charge in [-0.3, -0.25) is 4.79 Å². The molecule has 0 aliphatic heterocycles. The number of ether oxygens (including phenoxy) is 1. The molecular weight excluding hydrogens is 218 g/mol. The van der Waals surface area contributed by atoms with Crippen LogP contribution in [0.15, 0.2) is 35.1 Å². The monoisotopic (exact) mass is 231 g/mol. The Morgan fingerprint density at radius 1 is 1.29 bits per heavy atom. The molecule has 0 unspecified atom stereocenters. The zero-order chi connectivity index (χ0) is 12.4. The van der Waals surface area contributed by atoms with Crippen LogP contribution in [0.3, 0.4) is 0 Å². The van der Waals surface area contributed by atoms with Crippen molar-refractivity contribution in [1.29, 1.82) is 0 Å². The van der Waals surface area contributed by atoms with Crippen LogP contribution in [0.4, 0.5) is 5.69 Å². The molecule has 0 bridgehead atoms. The maximum atomic E-state index is 11.8. The predicted molar refractivity (Wildman–Crippen MR) is 65.5 cm³/mol. The van der Waals surface area contributed by atoms with Gasteiger partial charge in [-0.25, -0.2) is 0 Å². The fourth-order valence-electron chi connectivity index (χ4n) is 1.54. The lowest BCUT2D eigenvalue weighted by Crippen LogP contribution is -2.24. The van der Waals surface area contributed by atoms with Gasteiger partial charge < -0.3 is 10.5 Å². The lowest BCUT2D eigenvalue weighted by atomic mass is 10.3. The number of rotatable bonds is 2. The van der Waals surface area contributed by atoms with Crippen LogP contribution in [-0.4, -0.2) is 16.9 Å². The van der Waals surface area contributed by atoms with E-state index in [1.54, 1.807) is 44.4 Å². The Morgan fingerprint density at radius 3 is 2.53 bits per heavy atom. The van der Waals surface area contributed by atoms with Gasteiger partial charge in [0, 0.05) is 0 Å². The van der Waals surface area contributed by atoms with Gasteiger partial charge in [0.05, 0.1) is 18.5 Å². The SMILES string of the molecule is COc1ccc(-n2nc(C)cc(N)c2=O)cc1. The standard InChI is InChI=1S/C12H13N3O2/c1-8-7-11(13)12(16)15(14-8)9-3-5-10(17-2)6-4-9/h3-7H,13H2,1-2H3. The summed E-state index contributed by atoms with van der Waals surface area (Å²) in [7, 11) is 1.59. The van der Waals surface area contributed by atoms with Crippen LogP contribution in [0, 0.1) is 6.92 Å². The van der Waals surface area contributed by atoms with Crippen molar-refractivity contribution >= 4 is 5.69 Å². The Hall–Kier alpha value is -2.30. The number of aryl methyl sites for hydroxylation is 1. The number of anilines is 1. The van der Waals surface area contributed by atoms with E-state index in [1.807, 2.05) is 0 Å².